The number of ketones is 1. The summed E-state index contributed by atoms with van der Waals surface area (Å²) in [6, 6.07) is 12.3. The Bertz CT molecular complexity index is 734. The summed E-state index contributed by atoms with van der Waals surface area (Å²) in [7, 11) is 0. The van der Waals surface area contributed by atoms with Gasteiger partial charge in [0.25, 0.3) is 0 Å². The molecule has 0 atom stereocenters. The lowest BCUT2D eigenvalue weighted by atomic mass is 9.90. The van der Waals surface area contributed by atoms with Crippen LogP contribution in [0.4, 0.5) is 0 Å². The van der Waals surface area contributed by atoms with E-state index in [1.165, 1.54) is 22.3 Å². The van der Waals surface area contributed by atoms with E-state index in [1.54, 1.807) is 0 Å². The molecule has 0 heterocycles. The standard InChI is InChI=1S/C23H30O3/c1-5-9-18-14-19(23(24)7-3)11-13-21(18)22-15-20(26-16-25-8-4)12-10-17(22)6-2/h10-15H,5-9,16H2,1-4H3. The van der Waals surface area contributed by atoms with Gasteiger partial charge in [0, 0.05) is 18.6 Å². The summed E-state index contributed by atoms with van der Waals surface area (Å²) in [4.78, 5) is 12.1. The van der Waals surface area contributed by atoms with Crippen LogP contribution in [0.15, 0.2) is 36.4 Å². The highest BCUT2D eigenvalue weighted by Gasteiger charge is 2.13. The van der Waals surface area contributed by atoms with Gasteiger partial charge in [0.15, 0.2) is 12.6 Å². The lowest BCUT2D eigenvalue weighted by Gasteiger charge is -2.16. The Labute approximate surface area is 157 Å². The predicted molar refractivity (Wildman–Crippen MR) is 107 cm³/mol. The number of rotatable bonds is 10. The van der Waals surface area contributed by atoms with Crippen molar-refractivity contribution >= 4 is 5.78 Å². The topological polar surface area (TPSA) is 35.5 Å². The van der Waals surface area contributed by atoms with Crippen LogP contribution >= 0.6 is 0 Å². The Hall–Kier alpha value is -2.13. The maximum Gasteiger partial charge on any atom is 0.189 e. The molecule has 0 aromatic heterocycles. The maximum absolute atomic E-state index is 12.1. The van der Waals surface area contributed by atoms with Gasteiger partial charge in [0.05, 0.1) is 0 Å². The molecule has 0 aliphatic rings. The zero-order chi connectivity index (χ0) is 18.9. The summed E-state index contributed by atoms with van der Waals surface area (Å²) in [6.45, 7) is 9.07. The summed E-state index contributed by atoms with van der Waals surface area (Å²) in [5, 5.41) is 0. The fourth-order valence-corrected chi connectivity index (χ4v) is 3.11. The Morgan fingerprint density at radius 3 is 2.38 bits per heavy atom. The van der Waals surface area contributed by atoms with Crippen molar-refractivity contribution in [3.8, 4) is 16.9 Å². The van der Waals surface area contributed by atoms with Crippen LogP contribution in [-0.4, -0.2) is 19.2 Å². The summed E-state index contributed by atoms with van der Waals surface area (Å²) >= 11 is 0. The molecule has 0 aliphatic heterocycles. The van der Waals surface area contributed by atoms with Gasteiger partial charge in [0.2, 0.25) is 0 Å². The largest absolute Gasteiger partial charge is 0.468 e. The third kappa shape index (κ3) is 4.95. The Morgan fingerprint density at radius 2 is 1.73 bits per heavy atom. The SMILES string of the molecule is CCCc1cc(C(=O)CC)ccc1-c1cc(OCOCC)ccc1CC. The van der Waals surface area contributed by atoms with Crippen molar-refractivity contribution in [2.24, 2.45) is 0 Å². The molecule has 0 fully saturated rings. The van der Waals surface area contributed by atoms with Crippen molar-refractivity contribution in [2.75, 3.05) is 13.4 Å². The van der Waals surface area contributed by atoms with E-state index in [1.807, 2.05) is 26.0 Å². The minimum absolute atomic E-state index is 0.193. The highest BCUT2D eigenvalue weighted by atomic mass is 16.7. The average Bonchev–Trinajstić information content (AvgIpc) is 2.67. The molecular formula is C23H30O3. The summed E-state index contributed by atoms with van der Waals surface area (Å²) in [5.41, 5.74) is 5.68. The number of hydrogen-bond acceptors (Lipinski definition) is 3. The molecule has 0 amide bonds. The monoisotopic (exact) mass is 354 g/mol. The van der Waals surface area contributed by atoms with Crippen molar-refractivity contribution in [2.45, 2.75) is 53.4 Å². The van der Waals surface area contributed by atoms with Gasteiger partial charge in [-0.2, -0.15) is 0 Å². The third-order valence-electron chi connectivity index (χ3n) is 4.53. The van der Waals surface area contributed by atoms with Crippen molar-refractivity contribution < 1.29 is 14.3 Å². The van der Waals surface area contributed by atoms with Crippen LogP contribution in [0.25, 0.3) is 11.1 Å². The van der Waals surface area contributed by atoms with Crippen LogP contribution in [0.3, 0.4) is 0 Å². The molecule has 0 N–H and O–H groups in total. The molecule has 0 aliphatic carbocycles. The van der Waals surface area contributed by atoms with Crippen LogP contribution < -0.4 is 4.74 Å². The number of benzene rings is 2. The van der Waals surface area contributed by atoms with Crippen molar-refractivity contribution in [3.63, 3.8) is 0 Å². The Balaban J connectivity index is 2.47. The van der Waals surface area contributed by atoms with Gasteiger partial charge in [-0.25, -0.2) is 0 Å². The normalized spacial score (nSPS) is 10.8. The van der Waals surface area contributed by atoms with E-state index in [-0.39, 0.29) is 12.6 Å². The number of carbonyl (C=O) groups is 1. The summed E-state index contributed by atoms with van der Waals surface area (Å²) in [6.07, 6.45) is 3.47. The van der Waals surface area contributed by atoms with Gasteiger partial charge in [-0.1, -0.05) is 45.4 Å². The Kier molecular flexibility index (Phi) is 7.86. The zero-order valence-electron chi connectivity index (χ0n) is 16.4. The molecule has 26 heavy (non-hydrogen) atoms. The van der Waals surface area contributed by atoms with Gasteiger partial charge in [-0.15, -0.1) is 0 Å². The molecular weight excluding hydrogens is 324 g/mol. The van der Waals surface area contributed by atoms with Crippen LogP contribution in [0, 0.1) is 0 Å². The van der Waals surface area contributed by atoms with E-state index in [0.717, 1.165) is 30.6 Å². The van der Waals surface area contributed by atoms with Crippen LogP contribution in [0.1, 0.15) is 62.0 Å². The van der Waals surface area contributed by atoms with Gasteiger partial charge < -0.3 is 9.47 Å². The second-order valence-corrected chi connectivity index (χ2v) is 6.33. The van der Waals surface area contributed by atoms with E-state index in [9.17, 15) is 4.79 Å². The predicted octanol–water partition coefficient (Wildman–Crippen LogP) is 5.83. The van der Waals surface area contributed by atoms with Gasteiger partial charge in [0.1, 0.15) is 5.75 Å². The molecule has 3 heteroatoms. The van der Waals surface area contributed by atoms with Crippen molar-refractivity contribution in [1.82, 2.24) is 0 Å². The highest BCUT2D eigenvalue weighted by Crippen LogP contribution is 2.32. The maximum atomic E-state index is 12.1. The minimum Gasteiger partial charge on any atom is -0.468 e. The van der Waals surface area contributed by atoms with Gasteiger partial charge in [-0.3, -0.25) is 4.79 Å². The molecule has 0 saturated heterocycles. The molecule has 3 nitrogen and oxygen atoms in total. The highest BCUT2D eigenvalue weighted by molar-refractivity contribution is 5.96. The number of carbonyl (C=O) groups excluding carboxylic acids is 1. The number of ether oxygens (including phenoxy) is 2. The van der Waals surface area contributed by atoms with Gasteiger partial charge in [-0.05, 0) is 60.2 Å². The minimum atomic E-state index is 0.193. The van der Waals surface area contributed by atoms with Gasteiger partial charge >= 0.3 is 0 Å². The molecule has 0 saturated carbocycles. The molecule has 0 spiro atoms. The fraction of sp³-hybridized carbons (Fsp3) is 0.435. The third-order valence-corrected chi connectivity index (χ3v) is 4.53. The molecule has 2 aromatic carbocycles. The second-order valence-electron chi connectivity index (χ2n) is 6.33. The molecule has 0 unspecified atom stereocenters. The van der Waals surface area contributed by atoms with Crippen LogP contribution in [0.5, 0.6) is 5.75 Å². The summed E-state index contributed by atoms with van der Waals surface area (Å²) in [5.74, 6) is 1.00. The average molecular weight is 354 g/mol. The molecule has 0 radical (unpaired) electrons. The summed E-state index contributed by atoms with van der Waals surface area (Å²) < 4.78 is 11.0. The molecule has 2 aromatic rings. The number of hydrogen-bond donors (Lipinski definition) is 0. The first kappa shape index (κ1) is 20.2. The molecule has 140 valence electrons. The van der Waals surface area contributed by atoms with Crippen molar-refractivity contribution in [1.29, 1.82) is 0 Å². The fourth-order valence-electron chi connectivity index (χ4n) is 3.11. The van der Waals surface area contributed by atoms with Crippen LogP contribution in [0.2, 0.25) is 0 Å². The quantitative estimate of drug-likeness (QED) is 0.306. The van der Waals surface area contributed by atoms with Crippen molar-refractivity contribution in [3.05, 3.63) is 53.1 Å². The number of Topliss-reactive ketones (excluding diaryl/α,β-unsaturated/α-hetero) is 1. The van der Waals surface area contributed by atoms with E-state index in [4.69, 9.17) is 9.47 Å². The van der Waals surface area contributed by atoms with Crippen LogP contribution in [-0.2, 0) is 17.6 Å². The first-order chi connectivity index (χ1) is 12.6. The first-order valence-corrected chi connectivity index (χ1v) is 9.64. The number of aryl methyl sites for hydroxylation is 2. The molecule has 2 rings (SSSR count). The lowest BCUT2D eigenvalue weighted by molar-refractivity contribution is 0.0224. The van der Waals surface area contributed by atoms with E-state index >= 15 is 0 Å². The molecule has 0 bridgehead atoms. The van der Waals surface area contributed by atoms with E-state index in [0.29, 0.717) is 13.0 Å². The Morgan fingerprint density at radius 1 is 0.923 bits per heavy atom. The van der Waals surface area contributed by atoms with E-state index < -0.39 is 0 Å². The smallest absolute Gasteiger partial charge is 0.189 e. The lowest BCUT2D eigenvalue weighted by Crippen LogP contribution is -2.03. The van der Waals surface area contributed by atoms with E-state index in [2.05, 4.69) is 38.1 Å². The second kappa shape index (κ2) is 10.1. The first-order valence-electron chi connectivity index (χ1n) is 9.64. The zero-order valence-corrected chi connectivity index (χ0v) is 16.4.